The van der Waals surface area contributed by atoms with E-state index < -0.39 is 39.1 Å². The third kappa shape index (κ3) is 5.30. The minimum Gasteiger partial charge on any atom is -0.325 e. The monoisotopic (exact) mass is 464 g/mol. The second-order valence-corrected chi connectivity index (χ2v) is 8.75. The van der Waals surface area contributed by atoms with Crippen LogP contribution in [0.1, 0.15) is 11.1 Å². The molecule has 0 aliphatic carbocycles. The van der Waals surface area contributed by atoms with Crippen LogP contribution >= 0.6 is 15.9 Å². The molecule has 2 aromatic carbocycles. The van der Waals surface area contributed by atoms with Crippen molar-refractivity contribution in [3.05, 3.63) is 58.1 Å². The molecule has 10 heteroatoms. The van der Waals surface area contributed by atoms with Crippen LogP contribution in [-0.2, 0) is 21.0 Å². The molecule has 0 heterocycles. The summed E-state index contributed by atoms with van der Waals surface area (Å²) in [6, 6.07) is 8.53. The van der Waals surface area contributed by atoms with E-state index in [2.05, 4.69) is 21.2 Å². The van der Waals surface area contributed by atoms with E-state index >= 15 is 0 Å². The Kier molecular flexibility index (Phi) is 6.33. The minimum atomic E-state index is -4.67. The maximum absolute atomic E-state index is 12.8. The van der Waals surface area contributed by atoms with Crippen molar-refractivity contribution in [2.24, 2.45) is 0 Å². The third-order valence-corrected chi connectivity index (χ3v) is 5.99. The first kappa shape index (κ1) is 21.4. The lowest BCUT2D eigenvalue weighted by atomic mass is 10.2. The zero-order chi connectivity index (χ0) is 20.4. The normalized spacial score (nSPS) is 12.3. The summed E-state index contributed by atoms with van der Waals surface area (Å²) >= 11 is 3.29. The van der Waals surface area contributed by atoms with E-state index in [0.717, 1.165) is 35.3 Å². The SMILES string of the molecule is Cc1cc(Br)ccc1NC(=O)CN(C)S(=O)(=O)c1cccc(C(F)(F)F)c1. The lowest BCUT2D eigenvalue weighted by Crippen LogP contribution is -2.35. The summed E-state index contributed by atoms with van der Waals surface area (Å²) in [6.07, 6.45) is -4.67. The molecule has 5 nitrogen and oxygen atoms in total. The number of amides is 1. The smallest absolute Gasteiger partial charge is 0.325 e. The van der Waals surface area contributed by atoms with Gasteiger partial charge < -0.3 is 5.32 Å². The van der Waals surface area contributed by atoms with Gasteiger partial charge in [-0.25, -0.2) is 8.42 Å². The lowest BCUT2D eigenvalue weighted by Gasteiger charge is -2.18. The number of benzene rings is 2. The van der Waals surface area contributed by atoms with Gasteiger partial charge >= 0.3 is 6.18 Å². The van der Waals surface area contributed by atoms with Gasteiger partial charge in [-0.2, -0.15) is 17.5 Å². The van der Waals surface area contributed by atoms with Crippen LogP contribution < -0.4 is 5.32 Å². The van der Waals surface area contributed by atoms with Crippen LogP contribution in [0.2, 0.25) is 0 Å². The maximum atomic E-state index is 12.8. The van der Waals surface area contributed by atoms with Gasteiger partial charge in [0.2, 0.25) is 15.9 Å². The van der Waals surface area contributed by atoms with E-state index in [1.54, 1.807) is 25.1 Å². The molecule has 1 amide bonds. The Morgan fingerprint density at radius 3 is 2.44 bits per heavy atom. The molecule has 0 unspecified atom stereocenters. The van der Waals surface area contributed by atoms with Crippen molar-refractivity contribution in [1.29, 1.82) is 0 Å². The Morgan fingerprint density at radius 2 is 1.85 bits per heavy atom. The van der Waals surface area contributed by atoms with Crippen molar-refractivity contribution < 1.29 is 26.4 Å². The number of nitrogens with zero attached hydrogens (tertiary/aromatic N) is 1. The molecular weight excluding hydrogens is 449 g/mol. The van der Waals surface area contributed by atoms with Crippen LogP contribution in [0.25, 0.3) is 0 Å². The van der Waals surface area contributed by atoms with Gasteiger partial charge in [0.1, 0.15) is 0 Å². The number of aryl methyl sites for hydroxylation is 1. The summed E-state index contributed by atoms with van der Waals surface area (Å²) in [5, 5.41) is 2.58. The van der Waals surface area contributed by atoms with Gasteiger partial charge in [-0.1, -0.05) is 22.0 Å². The molecule has 0 aliphatic heterocycles. The molecule has 0 fully saturated rings. The molecule has 0 radical (unpaired) electrons. The Balaban J connectivity index is 2.16. The van der Waals surface area contributed by atoms with Gasteiger partial charge in [0.25, 0.3) is 0 Å². The molecule has 0 spiro atoms. The Morgan fingerprint density at radius 1 is 1.19 bits per heavy atom. The number of carbonyl (C=O) groups excluding carboxylic acids is 1. The van der Waals surface area contributed by atoms with Crippen molar-refractivity contribution in [2.75, 3.05) is 18.9 Å². The van der Waals surface area contributed by atoms with Crippen LogP contribution in [0.3, 0.4) is 0 Å². The van der Waals surface area contributed by atoms with Crippen LogP contribution in [0, 0.1) is 6.92 Å². The summed E-state index contributed by atoms with van der Waals surface area (Å²) < 4.78 is 64.9. The van der Waals surface area contributed by atoms with E-state index in [9.17, 15) is 26.4 Å². The number of hydrogen-bond acceptors (Lipinski definition) is 3. The fourth-order valence-corrected chi connectivity index (χ4v) is 3.91. The minimum absolute atomic E-state index is 0.507. The first-order valence-electron chi connectivity index (χ1n) is 7.61. The predicted molar refractivity (Wildman–Crippen MR) is 98.8 cm³/mol. The summed E-state index contributed by atoms with van der Waals surface area (Å²) in [5.74, 6) is -0.613. The van der Waals surface area contributed by atoms with Crippen molar-refractivity contribution in [2.45, 2.75) is 18.0 Å². The van der Waals surface area contributed by atoms with Gasteiger partial charge in [-0.3, -0.25) is 4.79 Å². The van der Waals surface area contributed by atoms with Crippen LogP contribution in [0.5, 0.6) is 0 Å². The fourth-order valence-electron chi connectivity index (χ4n) is 2.26. The first-order valence-corrected chi connectivity index (χ1v) is 9.84. The van der Waals surface area contributed by atoms with Crippen LogP contribution in [0.4, 0.5) is 18.9 Å². The molecular formula is C17H16BrF3N2O3S. The summed E-state index contributed by atoms with van der Waals surface area (Å²) in [7, 11) is -3.13. The molecule has 0 bridgehead atoms. The number of nitrogens with one attached hydrogen (secondary N) is 1. The van der Waals surface area contributed by atoms with Gasteiger partial charge in [0, 0.05) is 17.2 Å². The third-order valence-electron chi connectivity index (χ3n) is 3.70. The number of rotatable bonds is 5. The average molecular weight is 465 g/mol. The molecule has 146 valence electrons. The van der Waals surface area contributed by atoms with Gasteiger partial charge in [-0.05, 0) is 48.9 Å². The van der Waals surface area contributed by atoms with Crippen molar-refractivity contribution in [3.63, 3.8) is 0 Å². The molecule has 2 aromatic rings. The standard InChI is InChI=1S/C17H16BrF3N2O3S/c1-11-8-13(18)6-7-15(11)22-16(24)10-23(2)27(25,26)14-5-3-4-12(9-14)17(19,20)21/h3-9H,10H2,1-2H3,(H,22,24). The number of likely N-dealkylation sites (N-methyl/N-ethyl adjacent to an activating group) is 1. The highest BCUT2D eigenvalue weighted by molar-refractivity contribution is 9.10. The Bertz CT molecular complexity index is 962. The molecule has 0 atom stereocenters. The Hall–Kier alpha value is -1.91. The maximum Gasteiger partial charge on any atom is 0.416 e. The topological polar surface area (TPSA) is 66.5 Å². The van der Waals surface area contributed by atoms with E-state index in [1.807, 2.05) is 0 Å². The van der Waals surface area contributed by atoms with Crippen molar-refractivity contribution >= 4 is 37.5 Å². The summed E-state index contributed by atoms with van der Waals surface area (Å²) in [6.45, 7) is 1.22. The van der Waals surface area contributed by atoms with E-state index in [0.29, 0.717) is 16.1 Å². The number of sulfonamides is 1. The second kappa shape index (κ2) is 7.99. The number of halogens is 4. The van der Waals surface area contributed by atoms with Crippen molar-refractivity contribution in [1.82, 2.24) is 4.31 Å². The van der Waals surface area contributed by atoms with Crippen LogP contribution in [0.15, 0.2) is 51.8 Å². The largest absolute Gasteiger partial charge is 0.416 e. The van der Waals surface area contributed by atoms with Gasteiger partial charge in [0.15, 0.2) is 0 Å². The molecule has 0 aliphatic rings. The highest BCUT2D eigenvalue weighted by Crippen LogP contribution is 2.31. The zero-order valence-corrected chi connectivity index (χ0v) is 16.7. The first-order chi connectivity index (χ1) is 12.4. The van der Waals surface area contributed by atoms with E-state index in [1.165, 1.54) is 0 Å². The molecule has 1 N–H and O–H groups in total. The molecule has 2 rings (SSSR count). The van der Waals surface area contributed by atoms with Gasteiger partial charge in [-0.15, -0.1) is 0 Å². The van der Waals surface area contributed by atoms with Crippen molar-refractivity contribution in [3.8, 4) is 0 Å². The molecule has 27 heavy (non-hydrogen) atoms. The summed E-state index contributed by atoms with van der Waals surface area (Å²) in [4.78, 5) is 11.6. The lowest BCUT2D eigenvalue weighted by molar-refractivity contribution is -0.137. The number of carbonyl (C=O) groups is 1. The Labute approximate surface area is 163 Å². The quantitative estimate of drug-likeness (QED) is 0.725. The predicted octanol–water partition coefficient (Wildman–Crippen LogP) is 4.04. The number of anilines is 1. The van der Waals surface area contributed by atoms with Crippen LogP contribution in [-0.4, -0.2) is 32.2 Å². The highest BCUT2D eigenvalue weighted by atomic mass is 79.9. The molecule has 0 aromatic heterocycles. The summed E-state index contributed by atoms with van der Waals surface area (Å²) in [5.41, 5.74) is 0.195. The zero-order valence-electron chi connectivity index (χ0n) is 14.3. The van der Waals surface area contributed by atoms with E-state index in [4.69, 9.17) is 0 Å². The second-order valence-electron chi connectivity index (χ2n) is 5.79. The number of alkyl halides is 3. The number of hydrogen-bond donors (Lipinski definition) is 1. The van der Waals surface area contributed by atoms with Gasteiger partial charge in [0.05, 0.1) is 17.0 Å². The molecule has 0 saturated carbocycles. The fraction of sp³-hybridized carbons (Fsp3) is 0.235. The highest BCUT2D eigenvalue weighted by Gasteiger charge is 2.32. The van der Waals surface area contributed by atoms with E-state index in [-0.39, 0.29) is 0 Å². The molecule has 0 saturated heterocycles. The average Bonchev–Trinajstić information content (AvgIpc) is 2.56.